The smallest absolute Gasteiger partial charge is 0.315 e. The minimum atomic E-state index is -0.643. The molecule has 6 heteroatoms. The van der Waals surface area contributed by atoms with Gasteiger partial charge in [-0.05, 0) is 31.5 Å². The van der Waals surface area contributed by atoms with E-state index in [0.29, 0.717) is 11.3 Å². The molecule has 108 valence electrons. The standard InChI is InChI=1S/C15H13ClN2O3/c1-9-12(8-17-11-6-4-3-5-7-11)15(19)14(18(20)21)10(2)13(9)16/h3-8,19H,1-2H3. The van der Waals surface area contributed by atoms with Gasteiger partial charge in [-0.2, -0.15) is 0 Å². The molecule has 2 aromatic carbocycles. The van der Waals surface area contributed by atoms with E-state index in [4.69, 9.17) is 11.6 Å². The lowest BCUT2D eigenvalue weighted by Crippen LogP contribution is -1.99. The minimum absolute atomic E-state index is 0.244. The van der Waals surface area contributed by atoms with E-state index in [1.54, 1.807) is 19.1 Å². The largest absolute Gasteiger partial charge is 0.502 e. The van der Waals surface area contributed by atoms with E-state index in [2.05, 4.69) is 4.99 Å². The van der Waals surface area contributed by atoms with Gasteiger partial charge in [0.15, 0.2) is 0 Å². The van der Waals surface area contributed by atoms with Gasteiger partial charge in [0.2, 0.25) is 5.75 Å². The summed E-state index contributed by atoms with van der Waals surface area (Å²) in [7, 11) is 0. The highest BCUT2D eigenvalue weighted by Crippen LogP contribution is 2.40. The van der Waals surface area contributed by atoms with Gasteiger partial charge < -0.3 is 5.11 Å². The second kappa shape index (κ2) is 5.93. The molecular formula is C15H13ClN2O3. The van der Waals surface area contributed by atoms with Gasteiger partial charge in [0.25, 0.3) is 0 Å². The summed E-state index contributed by atoms with van der Waals surface area (Å²) in [6.07, 6.45) is 1.39. The molecule has 5 nitrogen and oxygen atoms in total. The molecule has 21 heavy (non-hydrogen) atoms. The molecule has 2 aromatic rings. The molecule has 0 spiro atoms. The Balaban J connectivity index is 2.59. The Morgan fingerprint density at radius 3 is 2.43 bits per heavy atom. The van der Waals surface area contributed by atoms with Crippen LogP contribution in [0.3, 0.4) is 0 Å². The molecular weight excluding hydrogens is 292 g/mol. The lowest BCUT2D eigenvalue weighted by molar-refractivity contribution is -0.386. The van der Waals surface area contributed by atoms with E-state index < -0.39 is 10.7 Å². The first-order valence-corrected chi connectivity index (χ1v) is 6.56. The molecule has 1 N–H and O–H groups in total. The number of hydrogen-bond donors (Lipinski definition) is 1. The molecule has 0 fully saturated rings. The van der Waals surface area contributed by atoms with Crippen molar-refractivity contribution in [2.24, 2.45) is 4.99 Å². The number of para-hydroxylation sites is 1. The van der Waals surface area contributed by atoms with E-state index >= 15 is 0 Å². The summed E-state index contributed by atoms with van der Waals surface area (Å²) in [5.41, 5.74) is 1.34. The summed E-state index contributed by atoms with van der Waals surface area (Å²) < 4.78 is 0. The number of rotatable bonds is 3. The van der Waals surface area contributed by atoms with Gasteiger partial charge in [-0.15, -0.1) is 0 Å². The molecule has 0 amide bonds. The summed E-state index contributed by atoms with van der Waals surface area (Å²) in [4.78, 5) is 14.6. The average Bonchev–Trinajstić information content (AvgIpc) is 2.46. The molecule has 0 radical (unpaired) electrons. The Kier molecular flexibility index (Phi) is 4.23. The number of aromatic hydroxyl groups is 1. The monoisotopic (exact) mass is 304 g/mol. The molecule has 0 saturated heterocycles. The number of phenols is 1. The van der Waals surface area contributed by atoms with E-state index in [1.165, 1.54) is 13.1 Å². The lowest BCUT2D eigenvalue weighted by atomic mass is 10.0. The number of nitro groups is 1. The molecule has 0 aromatic heterocycles. The maximum atomic E-state index is 11.1. The van der Waals surface area contributed by atoms with E-state index in [-0.39, 0.29) is 21.8 Å². The van der Waals surface area contributed by atoms with Gasteiger partial charge in [-0.25, -0.2) is 0 Å². The average molecular weight is 305 g/mol. The SMILES string of the molecule is Cc1c(Cl)c(C)c([N+](=O)[O-])c(O)c1C=Nc1ccccc1. The van der Waals surface area contributed by atoms with Gasteiger partial charge >= 0.3 is 5.69 Å². The van der Waals surface area contributed by atoms with Crippen molar-refractivity contribution >= 4 is 29.2 Å². The van der Waals surface area contributed by atoms with Crippen LogP contribution in [-0.4, -0.2) is 16.2 Å². The zero-order valence-corrected chi connectivity index (χ0v) is 12.3. The Morgan fingerprint density at radius 2 is 1.86 bits per heavy atom. The number of hydrogen-bond acceptors (Lipinski definition) is 4. The second-order valence-electron chi connectivity index (χ2n) is 4.53. The zero-order valence-electron chi connectivity index (χ0n) is 11.5. The lowest BCUT2D eigenvalue weighted by Gasteiger charge is -2.10. The van der Waals surface area contributed by atoms with Crippen LogP contribution in [0.25, 0.3) is 0 Å². The van der Waals surface area contributed by atoms with Crippen molar-refractivity contribution in [3.63, 3.8) is 0 Å². The van der Waals surface area contributed by atoms with Crippen molar-refractivity contribution < 1.29 is 10.0 Å². The van der Waals surface area contributed by atoms with Crippen LogP contribution >= 0.6 is 11.6 Å². The van der Waals surface area contributed by atoms with Gasteiger partial charge in [0.1, 0.15) is 0 Å². The summed E-state index contributed by atoms with van der Waals surface area (Å²) in [5.74, 6) is -0.418. The van der Waals surface area contributed by atoms with E-state index in [9.17, 15) is 15.2 Å². The highest BCUT2D eigenvalue weighted by molar-refractivity contribution is 6.33. The minimum Gasteiger partial charge on any atom is -0.502 e. The summed E-state index contributed by atoms with van der Waals surface area (Å²) in [6, 6.07) is 9.07. The maximum absolute atomic E-state index is 11.1. The Labute approximate surface area is 126 Å². The molecule has 0 heterocycles. The molecule has 2 rings (SSSR count). The third-order valence-corrected chi connectivity index (χ3v) is 3.75. The van der Waals surface area contributed by atoms with Crippen LogP contribution < -0.4 is 0 Å². The fraction of sp³-hybridized carbons (Fsp3) is 0.133. The third-order valence-electron chi connectivity index (χ3n) is 3.18. The molecule has 0 unspecified atom stereocenters. The number of benzene rings is 2. The van der Waals surface area contributed by atoms with Gasteiger partial charge in [-0.3, -0.25) is 15.1 Å². The van der Waals surface area contributed by atoms with Crippen molar-refractivity contribution in [1.82, 2.24) is 0 Å². The summed E-state index contributed by atoms with van der Waals surface area (Å²) >= 11 is 6.11. The first-order valence-electron chi connectivity index (χ1n) is 6.18. The van der Waals surface area contributed by atoms with Gasteiger partial charge in [-0.1, -0.05) is 29.8 Å². The van der Waals surface area contributed by atoms with Crippen LogP contribution in [0.5, 0.6) is 5.75 Å². The molecule has 0 bridgehead atoms. The number of aliphatic imine (C=N–C) groups is 1. The Morgan fingerprint density at radius 1 is 1.24 bits per heavy atom. The third kappa shape index (κ3) is 2.87. The summed E-state index contributed by atoms with van der Waals surface area (Å²) in [6.45, 7) is 3.19. The normalized spacial score (nSPS) is 11.0. The number of halogens is 1. The van der Waals surface area contributed by atoms with Gasteiger partial charge in [0, 0.05) is 17.3 Å². The van der Waals surface area contributed by atoms with Crippen molar-refractivity contribution in [2.45, 2.75) is 13.8 Å². The van der Waals surface area contributed by atoms with E-state index in [0.717, 1.165) is 0 Å². The number of nitrogens with zero attached hydrogens (tertiary/aromatic N) is 2. The highest BCUT2D eigenvalue weighted by atomic mass is 35.5. The quantitative estimate of drug-likeness (QED) is 0.521. The van der Waals surface area contributed by atoms with Crippen LogP contribution in [0.2, 0.25) is 5.02 Å². The van der Waals surface area contributed by atoms with Crippen LogP contribution in [0.4, 0.5) is 11.4 Å². The predicted molar refractivity (Wildman–Crippen MR) is 82.9 cm³/mol. The molecule has 0 aliphatic rings. The van der Waals surface area contributed by atoms with Crippen molar-refractivity contribution in [3.8, 4) is 5.75 Å². The van der Waals surface area contributed by atoms with Crippen LogP contribution in [-0.2, 0) is 0 Å². The van der Waals surface area contributed by atoms with Crippen LogP contribution in [0.15, 0.2) is 35.3 Å². The number of nitro benzene ring substituents is 1. The molecule has 0 aliphatic heterocycles. The first-order chi connectivity index (χ1) is 9.93. The fourth-order valence-corrected chi connectivity index (χ4v) is 2.21. The number of phenolic OH excluding ortho intramolecular Hbond substituents is 1. The van der Waals surface area contributed by atoms with Crippen LogP contribution in [0, 0.1) is 24.0 Å². The molecule has 0 atom stereocenters. The van der Waals surface area contributed by atoms with E-state index in [1.807, 2.05) is 18.2 Å². The highest BCUT2D eigenvalue weighted by Gasteiger charge is 2.25. The second-order valence-corrected chi connectivity index (χ2v) is 4.90. The molecule has 0 aliphatic carbocycles. The van der Waals surface area contributed by atoms with Crippen molar-refractivity contribution in [2.75, 3.05) is 0 Å². The maximum Gasteiger partial charge on any atom is 0.315 e. The van der Waals surface area contributed by atoms with Gasteiger partial charge in [0.05, 0.1) is 15.6 Å². The fourth-order valence-electron chi connectivity index (χ4n) is 2.02. The predicted octanol–water partition coefficient (Wildman–Crippen LogP) is 4.32. The summed E-state index contributed by atoms with van der Waals surface area (Å²) in [5, 5.41) is 21.5. The Hall–Kier alpha value is -2.40. The molecule has 0 saturated carbocycles. The first kappa shape index (κ1) is 15.0. The topological polar surface area (TPSA) is 75.7 Å². The zero-order chi connectivity index (χ0) is 15.6. The van der Waals surface area contributed by atoms with Crippen LogP contribution in [0.1, 0.15) is 16.7 Å². The van der Waals surface area contributed by atoms with Crippen molar-refractivity contribution in [1.29, 1.82) is 0 Å². The van der Waals surface area contributed by atoms with Crippen molar-refractivity contribution in [3.05, 3.63) is 62.2 Å². The Bertz CT molecular complexity index is 728.